The molecule has 1 amide bonds. The van der Waals surface area contributed by atoms with Gasteiger partial charge in [-0.15, -0.1) is 11.3 Å². The smallest absolute Gasteiger partial charge is 0.263 e. The molecule has 2 aliphatic rings. The van der Waals surface area contributed by atoms with Crippen molar-refractivity contribution in [2.75, 3.05) is 12.4 Å². The highest BCUT2D eigenvalue weighted by Gasteiger charge is 2.24. The number of hydrogen-bond acceptors (Lipinski definition) is 6. The molecule has 0 radical (unpaired) electrons. The normalized spacial score (nSPS) is 19.8. The minimum atomic E-state index is -0.335. The first-order valence-electron chi connectivity index (χ1n) is 9.21. The van der Waals surface area contributed by atoms with Crippen LogP contribution in [-0.4, -0.2) is 33.9 Å². The molecule has 1 aliphatic carbocycles. The van der Waals surface area contributed by atoms with Crippen LogP contribution < -0.4 is 11.3 Å². The number of aryl methyl sites for hydroxylation is 2. The van der Waals surface area contributed by atoms with E-state index in [1.165, 1.54) is 28.6 Å². The van der Waals surface area contributed by atoms with E-state index < -0.39 is 0 Å². The van der Waals surface area contributed by atoms with Crippen LogP contribution in [-0.2, 0) is 28.9 Å². The van der Waals surface area contributed by atoms with Crippen molar-refractivity contribution in [1.82, 2.24) is 9.55 Å². The van der Waals surface area contributed by atoms with Gasteiger partial charge in [0.2, 0.25) is 5.91 Å². The SMILES string of the molecule is NC(=O)CCSc1nc2sc3c(c2c(=O)n1CC1CCCO1)CCCC3. The maximum atomic E-state index is 13.3. The third kappa shape index (κ3) is 3.54. The highest BCUT2D eigenvalue weighted by Crippen LogP contribution is 2.35. The molecule has 1 unspecified atom stereocenters. The largest absolute Gasteiger partial charge is 0.376 e. The summed E-state index contributed by atoms with van der Waals surface area (Å²) < 4.78 is 7.52. The van der Waals surface area contributed by atoms with Crippen LogP contribution in [0.2, 0.25) is 0 Å². The van der Waals surface area contributed by atoms with Gasteiger partial charge in [0.05, 0.1) is 18.0 Å². The highest BCUT2D eigenvalue weighted by atomic mass is 32.2. The molecular weight excluding hydrogens is 370 g/mol. The molecule has 0 bridgehead atoms. The third-order valence-electron chi connectivity index (χ3n) is 5.03. The molecule has 26 heavy (non-hydrogen) atoms. The summed E-state index contributed by atoms with van der Waals surface area (Å²) in [4.78, 5) is 31.4. The zero-order chi connectivity index (χ0) is 18.1. The fraction of sp³-hybridized carbons (Fsp3) is 0.611. The van der Waals surface area contributed by atoms with Gasteiger partial charge in [-0.05, 0) is 44.1 Å². The zero-order valence-electron chi connectivity index (χ0n) is 14.7. The molecule has 4 rings (SSSR count). The lowest BCUT2D eigenvalue weighted by atomic mass is 9.97. The first kappa shape index (κ1) is 18.0. The fourth-order valence-electron chi connectivity index (χ4n) is 3.73. The van der Waals surface area contributed by atoms with Crippen molar-refractivity contribution < 1.29 is 9.53 Å². The van der Waals surface area contributed by atoms with Gasteiger partial charge in [-0.1, -0.05) is 11.8 Å². The monoisotopic (exact) mass is 393 g/mol. The van der Waals surface area contributed by atoms with Gasteiger partial charge in [-0.3, -0.25) is 14.2 Å². The molecule has 0 aromatic carbocycles. The van der Waals surface area contributed by atoms with Crippen LogP contribution in [0.1, 0.15) is 42.5 Å². The van der Waals surface area contributed by atoms with Crippen molar-refractivity contribution in [3.05, 3.63) is 20.8 Å². The van der Waals surface area contributed by atoms with E-state index in [1.807, 2.05) is 0 Å². The fourth-order valence-corrected chi connectivity index (χ4v) is 5.99. The Kier molecular flexibility index (Phi) is 5.33. The highest BCUT2D eigenvalue weighted by molar-refractivity contribution is 7.99. The molecule has 1 saturated heterocycles. The van der Waals surface area contributed by atoms with Gasteiger partial charge in [0.15, 0.2) is 5.16 Å². The topological polar surface area (TPSA) is 87.2 Å². The molecule has 2 N–H and O–H groups in total. The van der Waals surface area contributed by atoms with Crippen molar-refractivity contribution in [2.45, 2.75) is 62.8 Å². The van der Waals surface area contributed by atoms with Crippen LogP contribution in [0.15, 0.2) is 9.95 Å². The summed E-state index contributed by atoms with van der Waals surface area (Å²) in [5.74, 6) is 0.197. The lowest BCUT2D eigenvalue weighted by Gasteiger charge is -2.16. The van der Waals surface area contributed by atoms with E-state index in [-0.39, 0.29) is 24.0 Å². The minimum absolute atomic E-state index is 0.0477. The summed E-state index contributed by atoms with van der Waals surface area (Å²) in [6, 6.07) is 0. The van der Waals surface area contributed by atoms with Crippen molar-refractivity contribution in [1.29, 1.82) is 0 Å². The summed E-state index contributed by atoms with van der Waals surface area (Å²) in [6.45, 7) is 1.29. The number of thiophene rings is 1. The van der Waals surface area contributed by atoms with Gasteiger partial charge >= 0.3 is 0 Å². The molecule has 6 nitrogen and oxygen atoms in total. The Bertz CT molecular complexity index is 884. The Labute approximate surface area is 160 Å². The maximum absolute atomic E-state index is 13.3. The summed E-state index contributed by atoms with van der Waals surface area (Å²) in [5, 5.41) is 1.49. The van der Waals surface area contributed by atoms with E-state index in [9.17, 15) is 9.59 Å². The number of rotatable bonds is 6. The van der Waals surface area contributed by atoms with Crippen LogP contribution in [0.25, 0.3) is 10.2 Å². The molecule has 0 spiro atoms. The lowest BCUT2D eigenvalue weighted by Crippen LogP contribution is -2.29. The van der Waals surface area contributed by atoms with Gasteiger partial charge < -0.3 is 10.5 Å². The lowest BCUT2D eigenvalue weighted by molar-refractivity contribution is -0.117. The Morgan fingerprint density at radius 3 is 2.96 bits per heavy atom. The van der Waals surface area contributed by atoms with E-state index in [0.29, 0.717) is 17.5 Å². The second kappa shape index (κ2) is 7.70. The quantitative estimate of drug-likeness (QED) is 0.602. The van der Waals surface area contributed by atoms with E-state index in [1.54, 1.807) is 15.9 Å². The number of primary amides is 1. The number of thioether (sulfide) groups is 1. The Morgan fingerprint density at radius 2 is 2.19 bits per heavy atom. The van der Waals surface area contributed by atoms with Crippen LogP contribution in [0.5, 0.6) is 0 Å². The number of amides is 1. The number of nitrogens with two attached hydrogens (primary N) is 1. The number of hydrogen-bond donors (Lipinski definition) is 1. The molecule has 2 aromatic rings. The summed E-state index contributed by atoms with van der Waals surface area (Å²) in [6.07, 6.45) is 6.69. The van der Waals surface area contributed by atoms with Crippen LogP contribution in [0.4, 0.5) is 0 Å². The van der Waals surface area contributed by atoms with Gasteiger partial charge in [0.1, 0.15) is 4.83 Å². The number of nitrogens with zero attached hydrogens (tertiary/aromatic N) is 2. The van der Waals surface area contributed by atoms with Crippen LogP contribution in [0, 0.1) is 0 Å². The van der Waals surface area contributed by atoms with Gasteiger partial charge in [-0.2, -0.15) is 0 Å². The Hall–Kier alpha value is -1.38. The average Bonchev–Trinajstić information content (AvgIpc) is 3.25. The first-order chi connectivity index (χ1) is 12.6. The standard InChI is InChI=1S/C18H23N3O3S2/c19-14(22)7-9-25-18-20-16-15(12-5-1-2-6-13(12)26-16)17(23)21(18)10-11-4-3-8-24-11/h11H,1-10H2,(H2,19,22). The predicted molar refractivity (Wildman–Crippen MR) is 104 cm³/mol. The number of fused-ring (bicyclic) bond motifs is 3. The van der Waals surface area contributed by atoms with Crippen molar-refractivity contribution in [3.8, 4) is 0 Å². The average molecular weight is 394 g/mol. The zero-order valence-corrected chi connectivity index (χ0v) is 16.3. The van der Waals surface area contributed by atoms with E-state index >= 15 is 0 Å². The molecular formula is C18H23N3O3S2. The molecule has 3 heterocycles. The molecule has 2 aromatic heterocycles. The number of carbonyl (C=O) groups excluding carboxylic acids is 1. The van der Waals surface area contributed by atoms with Crippen molar-refractivity contribution in [3.63, 3.8) is 0 Å². The molecule has 1 fully saturated rings. The number of ether oxygens (including phenoxy) is 1. The summed E-state index contributed by atoms with van der Waals surface area (Å²) >= 11 is 3.09. The molecule has 140 valence electrons. The second-order valence-electron chi connectivity index (χ2n) is 6.90. The Morgan fingerprint density at radius 1 is 1.35 bits per heavy atom. The van der Waals surface area contributed by atoms with E-state index in [4.69, 9.17) is 15.5 Å². The molecule has 8 heteroatoms. The summed E-state index contributed by atoms with van der Waals surface area (Å²) in [5.41, 5.74) is 6.51. The number of aromatic nitrogens is 2. The molecule has 1 aliphatic heterocycles. The van der Waals surface area contributed by atoms with Gasteiger partial charge in [0, 0.05) is 23.7 Å². The second-order valence-corrected chi connectivity index (χ2v) is 9.05. The van der Waals surface area contributed by atoms with Crippen LogP contribution >= 0.6 is 23.1 Å². The summed E-state index contributed by atoms with van der Waals surface area (Å²) in [7, 11) is 0. The van der Waals surface area contributed by atoms with Crippen LogP contribution in [0.3, 0.4) is 0 Å². The number of carbonyl (C=O) groups is 1. The predicted octanol–water partition coefficient (Wildman–Crippen LogP) is 2.48. The van der Waals surface area contributed by atoms with E-state index in [2.05, 4.69) is 0 Å². The van der Waals surface area contributed by atoms with Crippen molar-refractivity contribution in [2.24, 2.45) is 5.73 Å². The third-order valence-corrected chi connectivity index (χ3v) is 7.19. The van der Waals surface area contributed by atoms with Crippen molar-refractivity contribution >= 4 is 39.2 Å². The molecule has 1 atom stereocenters. The van der Waals surface area contributed by atoms with Gasteiger partial charge in [-0.25, -0.2) is 4.98 Å². The Balaban J connectivity index is 1.75. The first-order valence-corrected chi connectivity index (χ1v) is 11.0. The molecule has 0 saturated carbocycles. The van der Waals surface area contributed by atoms with E-state index in [0.717, 1.165) is 48.9 Å². The maximum Gasteiger partial charge on any atom is 0.263 e. The van der Waals surface area contributed by atoms with Gasteiger partial charge in [0.25, 0.3) is 5.56 Å². The minimum Gasteiger partial charge on any atom is -0.376 e.